The molecule has 0 fully saturated rings. The smallest absolute Gasteiger partial charge is 0.257 e. The molecule has 0 bridgehead atoms. The van der Waals surface area contributed by atoms with Gasteiger partial charge in [0.05, 0.1) is 22.9 Å². The number of benzene rings is 1. The van der Waals surface area contributed by atoms with Gasteiger partial charge in [0, 0.05) is 12.7 Å². The van der Waals surface area contributed by atoms with Gasteiger partial charge in [-0.25, -0.2) is 4.98 Å². The molecule has 0 atom stereocenters. The van der Waals surface area contributed by atoms with E-state index in [0.717, 1.165) is 0 Å². The van der Waals surface area contributed by atoms with Gasteiger partial charge in [0.15, 0.2) is 0 Å². The van der Waals surface area contributed by atoms with Gasteiger partial charge in [-0.3, -0.25) is 4.79 Å². The van der Waals surface area contributed by atoms with E-state index in [1.807, 2.05) is 0 Å². The average molecular weight is 292 g/mol. The van der Waals surface area contributed by atoms with Crippen LogP contribution in [-0.2, 0) is 0 Å². The quantitative estimate of drug-likeness (QED) is 0.791. The lowest BCUT2D eigenvalue weighted by Gasteiger charge is -2.11. The van der Waals surface area contributed by atoms with Crippen LogP contribution in [0.5, 0.6) is 0 Å². The Morgan fingerprint density at radius 2 is 2.05 bits per heavy atom. The first kappa shape index (κ1) is 14.3. The number of hydrogen-bond donors (Lipinski definition) is 3. The molecule has 2 rings (SSSR count). The van der Waals surface area contributed by atoms with Crippen LogP contribution in [0.2, 0.25) is 5.02 Å². The minimum atomic E-state index is -0.310. The Balaban J connectivity index is 2.18. The predicted molar refractivity (Wildman–Crippen MR) is 79.2 cm³/mol. The Morgan fingerprint density at radius 1 is 1.25 bits per heavy atom. The number of rotatable bonds is 5. The Hall–Kier alpha value is -2.11. The Bertz CT molecular complexity index is 604. The zero-order valence-corrected chi connectivity index (χ0v) is 11.4. The highest BCUT2D eigenvalue weighted by Crippen LogP contribution is 2.21. The summed E-state index contributed by atoms with van der Waals surface area (Å²) in [5.41, 5.74) is 0.928. The second-order valence-corrected chi connectivity index (χ2v) is 4.39. The molecule has 0 saturated heterocycles. The maximum Gasteiger partial charge on any atom is 0.257 e. The highest BCUT2D eigenvalue weighted by Gasteiger charge is 2.12. The van der Waals surface area contributed by atoms with Crippen molar-refractivity contribution < 1.29 is 9.90 Å². The summed E-state index contributed by atoms with van der Waals surface area (Å²) in [4.78, 5) is 16.3. The number of aliphatic hydroxyl groups excluding tert-OH is 1. The first-order valence-electron chi connectivity index (χ1n) is 6.08. The molecule has 1 aromatic carbocycles. The Labute approximate surface area is 121 Å². The molecule has 1 aromatic heterocycles. The molecular formula is C14H14ClN3O2. The highest BCUT2D eigenvalue weighted by molar-refractivity contribution is 6.34. The predicted octanol–water partition coefficient (Wildman–Crippen LogP) is 2.39. The van der Waals surface area contributed by atoms with Crippen molar-refractivity contribution >= 4 is 29.0 Å². The molecular weight excluding hydrogens is 278 g/mol. The molecule has 0 unspecified atom stereocenters. The highest BCUT2D eigenvalue weighted by atomic mass is 35.5. The van der Waals surface area contributed by atoms with Crippen molar-refractivity contribution in [3.05, 3.63) is 53.2 Å². The van der Waals surface area contributed by atoms with Gasteiger partial charge in [0.2, 0.25) is 0 Å². The third kappa shape index (κ3) is 3.46. The van der Waals surface area contributed by atoms with Gasteiger partial charge in [-0.15, -0.1) is 0 Å². The van der Waals surface area contributed by atoms with Crippen molar-refractivity contribution in [2.24, 2.45) is 0 Å². The van der Waals surface area contributed by atoms with E-state index >= 15 is 0 Å². The van der Waals surface area contributed by atoms with Crippen LogP contribution >= 0.6 is 11.6 Å². The van der Waals surface area contributed by atoms with E-state index in [9.17, 15) is 4.79 Å². The van der Waals surface area contributed by atoms with Crippen molar-refractivity contribution in [2.75, 3.05) is 23.8 Å². The Kier molecular flexibility index (Phi) is 4.92. The van der Waals surface area contributed by atoms with E-state index in [1.165, 1.54) is 0 Å². The van der Waals surface area contributed by atoms with Gasteiger partial charge in [-0.2, -0.15) is 0 Å². The van der Waals surface area contributed by atoms with Gasteiger partial charge in [0.25, 0.3) is 5.91 Å². The summed E-state index contributed by atoms with van der Waals surface area (Å²) in [5, 5.41) is 14.9. The molecule has 0 spiro atoms. The molecule has 1 heterocycles. The van der Waals surface area contributed by atoms with Crippen LogP contribution in [0.1, 0.15) is 10.4 Å². The lowest BCUT2D eigenvalue weighted by Crippen LogP contribution is -2.15. The number of nitrogens with zero attached hydrogens (tertiary/aromatic N) is 1. The number of anilines is 2. The molecule has 104 valence electrons. The van der Waals surface area contributed by atoms with Crippen LogP contribution in [-0.4, -0.2) is 29.1 Å². The third-order valence-electron chi connectivity index (χ3n) is 2.58. The normalized spacial score (nSPS) is 10.1. The molecule has 3 N–H and O–H groups in total. The monoisotopic (exact) mass is 291 g/mol. The molecule has 6 heteroatoms. The second kappa shape index (κ2) is 6.88. The summed E-state index contributed by atoms with van der Waals surface area (Å²) >= 11 is 5.98. The fraction of sp³-hybridized carbons (Fsp3) is 0.143. The number of halogens is 1. The first-order chi connectivity index (χ1) is 9.72. The number of aliphatic hydroxyl groups is 1. The molecule has 0 saturated carbocycles. The van der Waals surface area contributed by atoms with Crippen LogP contribution in [0.15, 0.2) is 42.6 Å². The van der Waals surface area contributed by atoms with E-state index in [2.05, 4.69) is 15.6 Å². The van der Waals surface area contributed by atoms with E-state index in [0.29, 0.717) is 28.6 Å². The van der Waals surface area contributed by atoms with Crippen LogP contribution in [0.4, 0.5) is 11.5 Å². The van der Waals surface area contributed by atoms with Crippen LogP contribution in [0.3, 0.4) is 0 Å². The van der Waals surface area contributed by atoms with E-state index in [4.69, 9.17) is 16.7 Å². The molecule has 0 radical (unpaired) electrons. The van der Waals surface area contributed by atoms with Crippen molar-refractivity contribution in [1.82, 2.24) is 4.98 Å². The summed E-state index contributed by atoms with van der Waals surface area (Å²) < 4.78 is 0. The average Bonchev–Trinajstić information content (AvgIpc) is 2.46. The first-order valence-corrected chi connectivity index (χ1v) is 6.46. The summed E-state index contributed by atoms with van der Waals surface area (Å²) in [5.74, 6) is 0.192. The number of carbonyl (C=O) groups excluding carboxylic acids is 1. The maximum atomic E-state index is 12.2. The van der Waals surface area contributed by atoms with Gasteiger partial charge in [-0.1, -0.05) is 23.7 Å². The van der Waals surface area contributed by atoms with Crippen molar-refractivity contribution in [3.8, 4) is 0 Å². The van der Waals surface area contributed by atoms with Gasteiger partial charge >= 0.3 is 0 Å². The van der Waals surface area contributed by atoms with Crippen molar-refractivity contribution in [2.45, 2.75) is 0 Å². The molecule has 0 aliphatic heterocycles. The topological polar surface area (TPSA) is 74.2 Å². The van der Waals surface area contributed by atoms with Crippen LogP contribution < -0.4 is 10.6 Å². The number of amides is 1. The molecule has 0 aliphatic carbocycles. The van der Waals surface area contributed by atoms with E-state index < -0.39 is 0 Å². The maximum absolute atomic E-state index is 12.2. The number of nitrogens with one attached hydrogen (secondary N) is 2. The molecule has 0 aliphatic rings. The Morgan fingerprint density at radius 3 is 2.80 bits per heavy atom. The minimum absolute atomic E-state index is 0.0194. The van der Waals surface area contributed by atoms with Crippen molar-refractivity contribution in [1.29, 1.82) is 0 Å². The number of hydrogen-bond acceptors (Lipinski definition) is 4. The fourth-order valence-electron chi connectivity index (χ4n) is 1.66. The number of carbonyl (C=O) groups is 1. The van der Waals surface area contributed by atoms with E-state index in [1.54, 1.807) is 42.6 Å². The summed E-state index contributed by atoms with van der Waals surface area (Å²) in [6, 6.07) is 10.2. The third-order valence-corrected chi connectivity index (χ3v) is 2.91. The minimum Gasteiger partial charge on any atom is -0.395 e. The lowest BCUT2D eigenvalue weighted by molar-refractivity contribution is 0.102. The zero-order chi connectivity index (χ0) is 14.4. The standard InChI is InChI=1S/C14H14ClN3O2/c15-11-5-2-1-4-10(11)14(20)18-12-6-3-7-16-13(12)17-8-9-19/h1-7,19H,8-9H2,(H,16,17)(H,18,20). The number of aromatic nitrogens is 1. The largest absolute Gasteiger partial charge is 0.395 e. The summed E-state index contributed by atoms with van der Waals surface area (Å²) in [7, 11) is 0. The lowest BCUT2D eigenvalue weighted by atomic mass is 10.2. The van der Waals surface area contributed by atoms with Gasteiger partial charge in [-0.05, 0) is 24.3 Å². The molecule has 1 amide bonds. The van der Waals surface area contributed by atoms with Crippen LogP contribution in [0, 0.1) is 0 Å². The molecule has 20 heavy (non-hydrogen) atoms. The van der Waals surface area contributed by atoms with Crippen molar-refractivity contribution in [3.63, 3.8) is 0 Å². The zero-order valence-electron chi connectivity index (χ0n) is 10.6. The molecule has 5 nitrogen and oxygen atoms in total. The summed E-state index contributed by atoms with van der Waals surface area (Å²) in [6.07, 6.45) is 1.60. The SMILES string of the molecule is O=C(Nc1cccnc1NCCO)c1ccccc1Cl. The number of pyridine rings is 1. The second-order valence-electron chi connectivity index (χ2n) is 3.98. The molecule has 2 aromatic rings. The summed E-state index contributed by atoms with van der Waals surface area (Å²) in [6.45, 7) is 0.334. The van der Waals surface area contributed by atoms with E-state index in [-0.39, 0.29) is 12.5 Å². The fourth-order valence-corrected chi connectivity index (χ4v) is 1.88. The van der Waals surface area contributed by atoms with Gasteiger partial charge in [0.1, 0.15) is 5.82 Å². The van der Waals surface area contributed by atoms with Gasteiger partial charge < -0.3 is 15.7 Å². The van der Waals surface area contributed by atoms with Crippen LogP contribution in [0.25, 0.3) is 0 Å².